The zero-order chi connectivity index (χ0) is 22.9. The molecule has 1 N–H and O–H groups in total. The molecule has 2 fully saturated rings. The number of β-lactam (4-membered cyclic amide) rings is 1. The lowest BCUT2D eigenvalue weighted by Gasteiger charge is -2.52. The van der Waals surface area contributed by atoms with Crippen LogP contribution < -0.4 is 10.1 Å². The number of methoxy groups -OCH3 is 1. The topological polar surface area (TPSA) is 61.9 Å². The van der Waals surface area contributed by atoms with Gasteiger partial charge in [-0.15, -0.1) is 0 Å². The molecule has 6 nitrogen and oxygen atoms in total. The SMILES string of the molecule is COc1ccc(CN2CC3(CCN(C(=O)Nc4cccc(C(F)(F)F)c4)CC3)C2=O)cc1. The van der Waals surface area contributed by atoms with Crippen molar-refractivity contribution in [3.8, 4) is 5.75 Å². The van der Waals surface area contributed by atoms with Gasteiger partial charge in [0, 0.05) is 31.9 Å². The maximum Gasteiger partial charge on any atom is 0.416 e. The van der Waals surface area contributed by atoms with Crippen molar-refractivity contribution < 1.29 is 27.5 Å². The average molecular weight is 447 g/mol. The smallest absolute Gasteiger partial charge is 0.416 e. The lowest BCUT2D eigenvalue weighted by atomic mass is 9.71. The molecule has 0 unspecified atom stereocenters. The van der Waals surface area contributed by atoms with Crippen LogP contribution in [0.25, 0.3) is 0 Å². The van der Waals surface area contributed by atoms with Gasteiger partial charge in [0.05, 0.1) is 18.1 Å². The van der Waals surface area contributed by atoms with Crippen molar-refractivity contribution >= 4 is 17.6 Å². The Bertz CT molecular complexity index is 1000. The number of amides is 3. The molecule has 2 aromatic carbocycles. The molecule has 0 radical (unpaired) electrons. The summed E-state index contributed by atoms with van der Waals surface area (Å²) in [6, 6.07) is 11.7. The normalized spacial score (nSPS) is 17.8. The van der Waals surface area contributed by atoms with Crippen molar-refractivity contribution in [2.45, 2.75) is 25.6 Å². The summed E-state index contributed by atoms with van der Waals surface area (Å²) in [4.78, 5) is 28.7. The molecule has 0 aliphatic carbocycles. The number of benzene rings is 2. The summed E-state index contributed by atoms with van der Waals surface area (Å²) in [7, 11) is 1.60. The first-order valence-corrected chi connectivity index (χ1v) is 10.4. The molecular formula is C23H24F3N3O3. The van der Waals surface area contributed by atoms with Gasteiger partial charge in [0.1, 0.15) is 5.75 Å². The Morgan fingerprint density at radius 2 is 1.81 bits per heavy atom. The summed E-state index contributed by atoms with van der Waals surface area (Å²) >= 11 is 0. The number of alkyl halides is 3. The van der Waals surface area contributed by atoms with Crippen molar-refractivity contribution in [2.75, 3.05) is 32.1 Å². The van der Waals surface area contributed by atoms with Gasteiger partial charge in [-0.1, -0.05) is 18.2 Å². The number of carbonyl (C=O) groups excluding carboxylic acids is 2. The number of rotatable bonds is 4. The Hall–Kier alpha value is -3.23. The van der Waals surface area contributed by atoms with E-state index in [0.29, 0.717) is 39.0 Å². The summed E-state index contributed by atoms with van der Waals surface area (Å²) in [5.74, 6) is 0.849. The predicted octanol–water partition coefficient (Wildman–Crippen LogP) is 4.37. The lowest BCUT2D eigenvalue weighted by Crippen LogP contribution is -2.64. The summed E-state index contributed by atoms with van der Waals surface area (Å²) in [5.41, 5.74) is -0.147. The predicted molar refractivity (Wildman–Crippen MR) is 112 cm³/mol. The fraction of sp³-hybridized carbons (Fsp3) is 0.391. The van der Waals surface area contributed by atoms with Crippen molar-refractivity contribution in [1.82, 2.24) is 9.80 Å². The first-order chi connectivity index (χ1) is 15.2. The molecule has 0 atom stereocenters. The number of urea groups is 1. The second-order valence-electron chi connectivity index (χ2n) is 8.29. The monoisotopic (exact) mass is 447 g/mol. The quantitative estimate of drug-likeness (QED) is 0.708. The maximum absolute atomic E-state index is 12.9. The van der Waals surface area contributed by atoms with Crippen LogP contribution in [-0.4, -0.2) is 48.5 Å². The van der Waals surface area contributed by atoms with Gasteiger partial charge >= 0.3 is 12.2 Å². The molecule has 32 heavy (non-hydrogen) atoms. The van der Waals surface area contributed by atoms with E-state index in [1.54, 1.807) is 16.9 Å². The molecule has 0 bridgehead atoms. The third-order valence-corrected chi connectivity index (χ3v) is 6.22. The number of piperidine rings is 1. The van der Waals surface area contributed by atoms with Gasteiger partial charge in [-0.3, -0.25) is 4.79 Å². The minimum Gasteiger partial charge on any atom is -0.497 e. The minimum atomic E-state index is -4.47. The van der Waals surface area contributed by atoms with Crippen LogP contribution in [0, 0.1) is 5.41 Å². The van der Waals surface area contributed by atoms with E-state index in [1.807, 2.05) is 24.3 Å². The first-order valence-electron chi connectivity index (χ1n) is 10.4. The van der Waals surface area contributed by atoms with E-state index < -0.39 is 23.2 Å². The van der Waals surface area contributed by atoms with Gasteiger partial charge in [0.15, 0.2) is 0 Å². The molecule has 9 heteroatoms. The second-order valence-corrected chi connectivity index (χ2v) is 8.29. The van der Waals surface area contributed by atoms with Crippen LogP contribution in [0.2, 0.25) is 0 Å². The number of carbonyl (C=O) groups is 2. The summed E-state index contributed by atoms with van der Waals surface area (Å²) < 4.78 is 43.7. The standard InChI is InChI=1S/C23H24F3N3O3/c1-32-19-7-5-16(6-8-19)14-29-15-22(20(29)30)9-11-28(12-10-22)21(31)27-18-4-2-3-17(13-18)23(24,25)26/h2-8,13H,9-12,14-15H2,1H3,(H,27,31). The van der Waals surface area contributed by atoms with Crippen LogP contribution in [0.5, 0.6) is 5.75 Å². The third kappa shape index (κ3) is 4.37. The molecule has 2 saturated heterocycles. The maximum atomic E-state index is 12.9. The fourth-order valence-electron chi connectivity index (χ4n) is 4.31. The highest BCUT2D eigenvalue weighted by atomic mass is 19.4. The largest absolute Gasteiger partial charge is 0.497 e. The van der Waals surface area contributed by atoms with Crippen LogP contribution in [0.15, 0.2) is 48.5 Å². The van der Waals surface area contributed by atoms with Gasteiger partial charge < -0.3 is 19.9 Å². The molecule has 3 amide bonds. The molecule has 0 saturated carbocycles. The highest BCUT2D eigenvalue weighted by Gasteiger charge is 2.53. The molecule has 1 spiro atoms. The molecule has 2 aliphatic heterocycles. The van der Waals surface area contributed by atoms with Gasteiger partial charge in [-0.2, -0.15) is 13.2 Å². The average Bonchev–Trinajstić information content (AvgIpc) is 2.79. The van der Waals surface area contributed by atoms with Crippen LogP contribution in [0.3, 0.4) is 0 Å². The number of nitrogens with zero attached hydrogens (tertiary/aromatic N) is 2. The van der Waals surface area contributed by atoms with Crippen molar-refractivity contribution in [3.05, 3.63) is 59.7 Å². The van der Waals surface area contributed by atoms with E-state index >= 15 is 0 Å². The van der Waals surface area contributed by atoms with Gasteiger partial charge in [-0.25, -0.2) is 4.79 Å². The third-order valence-electron chi connectivity index (χ3n) is 6.22. The summed E-state index contributed by atoms with van der Waals surface area (Å²) in [5, 5.41) is 2.53. The Morgan fingerprint density at radius 3 is 2.41 bits per heavy atom. The van der Waals surface area contributed by atoms with Crippen molar-refractivity contribution in [3.63, 3.8) is 0 Å². The number of hydrogen-bond donors (Lipinski definition) is 1. The molecular weight excluding hydrogens is 423 g/mol. The van der Waals surface area contributed by atoms with E-state index in [0.717, 1.165) is 23.4 Å². The van der Waals surface area contributed by atoms with Crippen molar-refractivity contribution in [1.29, 1.82) is 0 Å². The second kappa shape index (κ2) is 8.37. The van der Waals surface area contributed by atoms with E-state index in [1.165, 1.54) is 12.1 Å². The van der Waals surface area contributed by atoms with Crippen molar-refractivity contribution in [2.24, 2.45) is 5.41 Å². The van der Waals surface area contributed by atoms with E-state index in [4.69, 9.17) is 4.74 Å². The number of nitrogens with one attached hydrogen (secondary N) is 1. The molecule has 2 aromatic rings. The Labute approximate surface area is 183 Å². The lowest BCUT2D eigenvalue weighted by molar-refractivity contribution is -0.165. The zero-order valence-corrected chi connectivity index (χ0v) is 17.6. The molecule has 4 rings (SSSR count). The molecule has 2 aliphatic rings. The highest BCUT2D eigenvalue weighted by molar-refractivity contribution is 5.91. The fourth-order valence-corrected chi connectivity index (χ4v) is 4.31. The van der Waals surface area contributed by atoms with Gasteiger partial charge in [0.2, 0.25) is 5.91 Å². The Balaban J connectivity index is 1.29. The minimum absolute atomic E-state index is 0.0891. The van der Waals surface area contributed by atoms with E-state index in [2.05, 4.69) is 5.32 Å². The number of halogens is 3. The van der Waals surface area contributed by atoms with Crippen LogP contribution in [0.1, 0.15) is 24.0 Å². The summed E-state index contributed by atoms with van der Waals surface area (Å²) in [6.07, 6.45) is -3.39. The number of likely N-dealkylation sites (tertiary alicyclic amines) is 2. The molecule has 2 heterocycles. The summed E-state index contributed by atoms with van der Waals surface area (Å²) in [6.45, 7) is 1.94. The highest BCUT2D eigenvalue weighted by Crippen LogP contribution is 2.42. The van der Waals surface area contributed by atoms with Crippen LogP contribution in [0.4, 0.5) is 23.7 Å². The number of ether oxygens (including phenoxy) is 1. The van der Waals surface area contributed by atoms with E-state index in [9.17, 15) is 22.8 Å². The van der Waals surface area contributed by atoms with Gasteiger partial charge in [0.25, 0.3) is 0 Å². The zero-order valence-electron chi connectivity index (χ0n) is 17.6. The Kier molecular flexibility index (Phi) is 5.75. The first kappa shape index (κ1) is 22.0. The molecule has 0 aromatic heterocycles. The number of anilines is 1. The van der Waals surface area contributed by atoms with E-state index in [-0.39, 0.29) is 11.6 Å². The van der Waals surface area contributed by atoms with Crippen LogP contribution in [-0.2, 0) is 17.5 Å². The van der Waals surface area contributed by atoms with Crippen LogP contribution >= 0.6 is 0 Å². The molecule has 170 valence electrons. The number of hydrogen-bond acceptors (Lipinski definition) is 3. The van der Waals surface area contributed by atoms with Gasteiger partial charge in [-0.05, 0) is 48.7 Å². The Morgan fingerprint density at radius 1 is 1.12 bits per heavy atom.